The summed E-state index contributed by atoms with van der Waals surface area (Å²) >= 11 is 0. The van der Waals surface area contributed by atoms with E-state index >= 15 is 0 Å². The van der Waals surface area contributed by atoms with Crippen LogP contribution in [0.15, 0.2) is 12.1 Å². The quantitative estimate of drug-likeness (QED) is 0.797. The van der Waals surface area contributed by atoms with Gasteiger partial charge in [-0.3, -0.25) is 4.79 Å². The molecule has 0 radical (unpaired) electrons. The molecule has 0 saturated heterocycles. The molecule has 1 rings (SSSR count). The molecule has 0 atom stereocenters. The van der Waals surface area contributed by atoms with Gasteiger partial charge in [0.05, 0.1) is 13.7 Å². The monoisotopic (exact) mass is 250 g/mol. The zero-order valence-electron chi connectivity index (χ0n) is 11.6. The lowest BCUT2D eigenvalue weighted by Gasteiger charge is -2.13. The third-order valence-corrected chi connectivity index (χ3v) is 2.75. The second-order valence-corrected chi connectivity index (χ2v) is 4.40. The van der Waals surface area contributed by atoms with Crippen LogP contribution in [0, 0.1) is 13.8 Å². The van der Waals surface area contributed by atoms with Crippen LogP contribution in [0.25, 0.3) is 0 Å². The Hall–Kier alpha value is -1.55. The Morgan fingerprint density at radius 3 is 2.67 bits per heavy atom. The first-order valence-corrected chi connectivity index (χ1v) is 6.14. The summed E-state index contributed by atoms with van der Waals surface area (Å²) in [7, 11) is 3.44. The molecule has 0 fully saturated rings. The van der Waals surface area contributed by atoms with Gasteiger partial charge in [0.15, 0.2) is 0 Å². The number of rotatable bonds is 6. The van der Waals surface area contributed by atoms with E-state index in [0.29, 0.717) is 13.1 Å². The van der Waals surface area contributed by atoms with Crippen molar-refractivity contribution in [1.82, 2.24) is 10.6 Å². The number of methoxy groups -OCH3 is 1. The summed E-state index contributed by atoms with van der Waals surface area (Å²) in [6, 6.07) is 4.21. The zero-order chi connectivity index (χ0) is 13.5. The van der Waals surface area contributed by atoms with Crippen molar-refractivity contribution in [1.29, 1.82) is 0 Å². The van der Waals surface area contributed by atoms with Crippen LogP contribution >= 0.6 is 0 Å². The van der Waals surface area contributed by atoms with Crippen LogP contribution in [0.3, 0.4) is 0 Å². The van der Waals surface area contributed by atoms with Crippen LogP contribution in [0.1, 0.15) is 16.7 Å². The molecule has 1 aromatic rings. The lowest BCUT2D eigenvalue weighted by Crippen LogP contribution is -2.33. The number of amides is 1. The third kappa shape index (κ3) is 4.04. The molecule has 1 aromatic carbocycles. The van der Waals surface area contributed by atoms with Gasteiger partial charge in [0.25, 0.3) is 0 Å². The highest BCUT2D eigenvalue weighted by Gasteiger charge is 2.08. The molecular formula is C14H22N2O2. The number of hydrogen-bond acceptors (Lipinski definition) is 3. The van der Waals surface area contributed by atoms with Crippen LogP contribution in [0.2, 0.25) is 0 Å². The fraction of sp³-hybridized carbons (Fsp3) is 0.500. The van der Waals surface area contributed by atoms with E-state index in [1.807, 2.05) is 6.92 Å². The predicted molar refractivity (Wildman–Crippen MR) is 73.1 cm³/mol. The van der Waals surface area contributed by atoms with Crippen molar-refractivity contribution < 1.29 is 9.53 Å². The number of nitrogens with one attached hydrogen (secondary N) is 2. The summed E-state index contributed by atoms with van der Waals surface area (Å²) in [4.78, 5) is 11.3. The van der Waals surface area contributed by atoms with Crippen LogP contribution in [0.5, 0.6) is 5.75 Å². The van der Waals surface area contributed by atoms with E-state index in [0.717, 1.165) is 23.3 Å². The topological polar surface area (TPSA) is 50.4 Å². The fourth-order valence-electron chi connectivity index (χ4n) is 2.08. The van der Waals surface area contributed by atoms with Crippen LogP contribution in [-0.4, -0.2) is 33.2 Å². The summed E-state index contributed by atoms with van der Waals surface area (Å²) in [6.45, 7) is 5.08. The lowest BCUT2D eigenvalue weighted by molar-refractivity contribution is -0.120. The maximum absolute atomic E-state index is 11.3. The lowest BCUT2D eigenvalue weighted by atomic mass is 10.0. The van der Waals surface area contributed by atoms with Crippen molar-refractivity contribution in [2.75, 3.05) is 27.2 Å². The first kappa shape index (κ1) is 14.5. The molecule has 0 aliphatic rings. The van der Waals surface area contributed by atoms with E-state index in [2.05, 4.69) is 29.7 Å². The Labute approximate surface area is 109 Å². The van der Waals surface area contributed by atoms with E-state index in [4.69, 9.17) is 4.74 Å². The molecule has 100 valence electrons. The number of likely N-dealkylation sites (N-methyl/N-ethyl adjacent to an activating group) is 1. The predicted octanol–water partition coefficient (Wildman–Crippen LogP) is 1.19. The molecule has 2 N–H and O–H groups in total. The zero-order valence-corrected chi connectivity index (χ0v) is 11.6. The number of carbonyl (C=O) groups excluding carboxylic acids is 1. The summed E-state index contributed by atoms with van der Waals surface area (Å²) in [5.74, 6) is 0.935. The van der Waals surface area contributed by atoms with Crippen LogP contribution in [-0.2, 0) is 11.2 Å². The highest BCUT2D eigenvalue weighted by molar-refractivity contribution is 5.77. The van der Waals surface area contributed by atoms with Gasteiger partial charge in [-0.2, -0.15) is 0 Å². The second-order valence-electron chi connectivity index (χ2n) is 4.40. The van der Waals surface area contributed by atoms with Gasteiger partial charge < -0.3 is 15.4 Å². The molecule has 0 aromatic heterocycles. The molecule has 0 bridgehead atoms. The largest absolute Gasteiger partial charge is 0.496 e. The van der Waals surface area contributed by atoms with Gasteiger partial charge in [0, 0.05) is 6.54 Å². The molecule has 18 heavy (non-hydrogen) atoms. The number of aryl methyl sites for hydroxylation is 2. The van der Waals surface area contributed by atoms with Gasteiger partial charge in [-0.05, 0) is 38.4 Å². The Kier molecular flexibility index (Phi) is 5.65. The number of carbonyl (C=O) groups is 1. The summed E-state index contributed by atoms with van der Waals surface area (Å²) < 4.78 is 5.41. The van der Waals surface area contributed by atoms with Crippen molar-refractivity contribution in [3.63, 3.8) is 0 Å². The molecule has 0 spiro atoms. The van der Waals surface area contributed by atoms with E-state index in [-0.39, 0.29) is 5.91 Å². The van der Waals surface area contributed by atoms with Gasteiger partial charge in [-0.25, -0.2) is 0 Å². The Morgan fingerprint density at radius 1 is 1.33 bits per heavy atom. The molecule has 0 saturated carbocycles. The van der Waals surface area contributed by atoms with Gasteiger partial charge in [-0.15, -0.1) is 0 Å². The van der Waals surface area contributed by atoms with E-state index < -0.39 is 0 Å². The second kappa shape index (κ2) is 7.01. The smallest absolute Gasteiger partial charge is 0.233 e. The standard InChI is InChI=1S/C14H22N2O2/c1-10-7-11(2)14(18-4)12(8-10)5-6-16-13(17)9-15-3/h7-8,15H,5-6,9H2,1-4H3,(H,16,17). The average Bonchev–Trinajstić information content (AvgIpc) is 2.28. The van der Waals surface area contributed by atoms with E-state index in [1.54, 1.807) is 14.2 Å². The molecule has 0 aliphatic carbocycles. The molecular weight excluding hydrogens is 228 g/mol. The van der Waals surface area contributed by atoms with Gasteiger partial charge in [0.1, 0.15) is 5.75 Å². The maximum Gasteiger partial charge on any atom is 0.233 e. The van der Waals surface area contributed by atoms with Crippen molar-refractivity contribution in [2.24, 2.45) is 0 Å². The highest BCUT2D eigenvalue weighted by atomic mass is 16.5. The summed E-state index contributed by atoms with van der Waals surface area (Å²) in [6.07, 6.45) is 0.779. The van der Waals surface area contributed by atoms with Crippen molar-refractivity contribution >= 4 is 5.91 Å². The SMILES string of the molecule is CNCC(=O)NCCc1cc(C)cc(C)c1OC. The van der Waals surface area contributed by atoms with Crippen molar-refractivity contribution in [3.05, 3.63) is 28.8 Å². The van der Waals surface area contributed by atoms with Gasteiger partial charge in [0.2, 0.25) is 5.91 Å². The van der Waals surface area contributed by atoms with Gasteiger partial charge in [-0.1, -0.05) is 17.7 Å². The first-order valence-electron chi connectivity index (χ1n) is 6.14. The molecule has 0 aliphatic heterocycles. The molecule has 0 heterocycles. The third-order valence-electron chi connectivity index (χ3n) is 2.75. The van der Waals surface area contributed by atoms with Crippen molar-refractivity contribution in [2.45, 2.75) is 20.3 Å². The van der Waals surface area contributed by atoms with Crippen LogP contribution in [0.4, 0.5) is 0 Å². The molecule has 0 unspecified atom stereocenters. The van der Waals surface area contributed by atoms with Gasteiger partial charge >= 0.3 is 0 Å². The molecule has 4 nitrogen and oxygen atoms in total. The normalized spacial score (nSPS) is 10.2. The molecule has 1 amide bonds. The minimum absolute atomic E-state index is 0.0147. The highest BCUT2D eigenvalue weighted by Crippen LogP contribution is 2.25. The number of benzene rings is 1. The summed E-state index contributed by atoms with van der Waals surface area (Å²) in [5, 5.41) is 5.69. The minimum atomic E-state index is 0.0147. The van der Waals surface area contributed by atoms with Crippen molar-refractivity contribution in [3.8, 4) is 5.75 Å². The number of hydrogen-bond donors (Lipinski definition) is 2. The Morgan fingerprint density at radius 2 is 2.06 bits per heavy atom. The Balaban J connectivity index is 2.64. The molecule has 4 heteroatoms. The fourth-order valence-corrected chi connectivity index (χ4v) is 2.08. The summed E-state index contributed by atoms with van der Waals surface area (Å²) in [5.41, 5.74) is 3.48. The van der Waals surface area contributed by atoms with Crippen LogP contribution < -0.4 is 15.4 Å². The average molecular weight is 250 g/mol. The van der Waals surface area contributed by atoms with E-state index in [9.17, 15) is 4.79 Å². The first-order chi connectivity index (χ1) is 8.58. The number of ether oxygens (including phenoxy) is 1. The Bertz CT molecular complexity index is 417. The maximum atomic E-state index is 11.3. The minimum Gasteiger partial charge on any atom is -0.496 e. The van der Waals surface area contributed by atoms with E-state index in [1.165, 1.54) is 5.56 Å².